The highest BCUT2D eigenvalue weighted by atomic mass is 16.5. The van der Waals surface area contributed by atoms with E-state index in [4.69, 9.17) is 14.2 Å². The first kappa shape index (κ1) is 22.7. The maximum absolute atomic E-state index is 11.8. The van der Waals surface area contributed by atoms with E-state index >= 15 is 0 Å². The van der Waals surface area contributed by atoms with Crippen molar-refractivity contribution in [1.29, 1.82) is 0 Å². The van der Waals surface area contributed by atoms with E-state index < -0.39 is 6.10 Å². The van der Waals surface area contributed by atoms with Gasteiger partial charge in [-0.25, -0.2) is 0 Å². The standard InChI is InChI=1S/C27H34O5/c1-17(2)25-22(11-10-21-13-20(28)14-24(29)31-21)26-19(15-27(3,4)32-26)12-23(25)30-16-18-8-6-5-7-9-18/h5-9,12,17,20-21,28H,10-11,13-16H2,1-4H3. The quantitative estimate of drug-likeness (QED) is 0.609. The molecule has 1 N–H and O–H groups in total. The van der Waals surface area contributed by atoms with Crippen LogP contribution in [0.2, 0.25) is 0 Å². The first-order chi connectivity index (χ1) is 15.2. The minimum absolute atomic E-state index is 0.0866. The Bertz CT molecular complexity index is 964. The van der Waals surface area contributed by atoms with Crippen LogP contribution >= 0.6 is 0 Å². The molecule has 2 aliphatic heterocycles. The third-order valence-corrected chi connectivity index (χ3v) is 6.22. The minimum Gasteiger partial charge on any atom is -0.489 e. The second-order valence-corrected chi connectivity index (χ2v) is 9.97. The fourth-order valence-corrected chi connectivity index (χ4v) is 4.88. The molecule has 2 atom stereocenters. The van der Waals surface area contributed by atoms with Crippen LogP contribution in [0.1, 0.15) is 75.1 Å². The predicted octanol–water partition coefficient (Wildman–Crippen LogP) is 5.10. The summed E-state index contributed by atoms with van der Waals surface area (Å²) in [5.41, 5.74) is 4.32. The Morgan fingerprint density at radius 3 is 2.66 bits per heavy atom. The third-order valence-electron chi connectivity index (χ3n) is 6.22. The van der Waals surface area contributed by atoms with Crippen molar-refractivity contribution in [2.45, 2.75) is 90.1 Å². The molecule has 0 aromatic heterocycles. The molecular weight excluding hydrogens is 404 g/mol. The van der Waals surface area contributed by atoms with E-state index in [0.29, 0.717) is 25.9 Å². The van der Waals surface area contributed by atoms with E-state index in [9.17, 15) is 9.90 Å². The van der Waals surface area contributed by atoms with Gasteiger partial charge in [0.1, 0.15) is 29.8 Å². The number of esters is 1. The van der Waals surface area contributed by atoms with E-state index in [1.54, 1.807) is 0 Å². The number of cyclic esters (lactones) is 1. The first-order valence-electron chi connectivity index (χ1n) is 11.6. The predicted molar refractivity (Wildman–Crippen MR) is 123 cm³/mol. The van der Waals surface area contributed by atoms with Crippen LogP contribution in [0.25, 0.3) is 0 Å². The molecule has 2 aromatic rings. The van der Waals surface area contributed by atoms with Crippen molar-refractivity contribution in [3.63, 3.8) is 0 Å². The van der Waals surface area contributed by atoms with Crippen molar-refractivity contribution in [2.24, 2.45) is 0 Å². The van der Waals surface area contributed by atoms with Crippen LogP contribution in [0.3, 0.4) is 0 Å². The van der Waals surface area contributed by atoms with E-state index in [-0.39, 0.29) is 30.0 Å². The Labute approximate surface area is 190 Å². The van der Waals surface area contributed by atoms with Crippen LogP contribution in [0.15, 0.2) is 36.4 Å². The maximum atomic E-state index is 11.8. The summed E-state index contributed by atoms with van der Waals surface area (Å²) in [6, 6.07) is 12.3. The molecular formula is C27H34O5. The lowest BCUT2D eigenvalue weighted by Crippen LogP contribution is -2.32. The normalized spacial score (nSPS) is 21.8. The van der Waals surface area contributed by atoms with Crippen LogP contribution in [-0.2, 0) is 29.0 Å². The number of carbonyl (C=O) groups is 1. The van der Waals surface area contributed by atoms with Gasteiger partial charge < -0.3 is 19.3 Å². The summed E-state index contributed by atoms with van der Waals surface area (Å²) in [6.45, 7) is 9.07. The molecule has 0 amide bonds. The second-order valence-electron chi connectivity index (χ2n) is 9.97. The summed E-state index contributed by atoms with van der Waals surface area (Å²) in [7, 11) is 0. The molecule has 2 heterocycles. The van der Waals surface area contributed by atoms with Gasteiger partial charge in [-0.1, -0.05) is 44.2 Å². The van der Waals surface area contributed by atoms with Crippen LogP contribution in [0.4, 0.5) is 0 Å². The number of hydrogen-bond donors (Lipinski definition) is 1. The molecule has 32 heavy (non-hydrogen) atoms. The smallest absolute Gasteiger partial charge is 0.308 e. The van der Waals surface area contributed by atoms with Gasteiger partial charge in [0.15, 0.2) is 0 Å². The van der Waals surface area contributed by atoms with Crippen molar-refractivity contribution in [3.8, 4) is 11.5 Å². The van der Waals surface area contributed by atoms with Gasteiger partial charge in [0.2, 0.25) is 0 Å². The molecule has 2 aromatic carbocycles. The third kappa shape index (κ3) is 5.09. The fraction of sp³-hybridized carbons (Fsp3) is 0.519. The largest absolute Gasteiger partial charge is 0.489 e. The number of hydrogen-bond acceptors (Lipinski definition) is 5. The molecule has 0 radical (unpaired) electrons. The molecule has 1 fully saturated rings. The van der Waals surface area contributed by atoms with Gasteiger partial charge in [0.25, 0.3) is 0 Å². The van der Waals surface area contributed by atoms with Crippen molar-refractivity contribution in [3.05, 3.63) is 58.7 Å². The highest BCUT2D eigenvalue weighted by molar-refractivity contribution is 5.71. The molecule has 0 aliphatic carbocycles. The fourth-order valence-electron chi connectivity index (χ4n) is 4.88. The molecule has 0 spiro atoms. The summed E-state index contributed by atoms with van der Waals surface area (Å²) in [4.78, 5) is 11.8. The molecule has 2 aliphatic rings. The van der Waals surface area contributed by atoms with Gasteiger partial charge in [0, 0.05) is 29.5 Å². The lowest BCUT2D eigenvalue weighted by Gasteiger charge is -2.27. The van der Waals surface area contributed by atoms with Gasteiger partial charge in [-0.3, -0.25) is 4.79 Å². The number of fused-ring (bicyclic) bond motifs is 1. The van der Waals surface area contributed by atoms with Crippen LogP contribution in [0, 0.1) is 0 Å². The summed E-state index contributed by atoms with van der Waals surface area (Å²) in [6.07, 6.45) is 1.87. The van der Waals surface area contributed by atoms with Crippen LogP contribution in [0.5, 0.6) is 11.5 Å². The zero-order chi connectivity index (χ0) is 22.9. The Kier molecular flexibility index (Phi) is 6.47. The van der Waals surface area contributed by atoms with Crippen LogP contribution < -0.4 is 9.47 Å². The summed E-state index contributed by atoms with van der Waals surface area (Å²) in [5.74, 6) is 1.78. The number of benzene rings is 2. The summed E-state index contributed by atoms with van der Waals surface area (Å²) in [5, 5.41) is 9.99. The van der Waals surface area contributed by atoms with Gasteiger partial charge >= 0.3 is 5.97 Å². The molecule has 5 nitrogen and oxygen atoms in total. The monoisotopic (exact) mass is 438 g/mol. The van der Waals surface area contributed by atoms with Gasteiger partial charge in [-0.2, -0.15) is 0 Å². The van der Waals surface area contributed by atoms with Gasteiger partial charge in [0.05, 0.1) is 12.5 Å². The summed E-state index contributed by atoms with van der Waals surface area (Å²) < 4.78 is 18.3. The zero-order valence-corrected chi connectivity index (χ0v) is 19.5. The molecule has 4 rings (SSSR count). The Morgan fingerprint density at radius 1 is 1.22 bits per heavy atom. The van der Waals surface area contributed by atoms with E-state index in [2.05, 4.69) is 45.9 Å². The second kappa shape index (κ2) is 9.14. The number of carbonyl (C=O) groups excluding carboxylic acids is 1. The number of aliphatic hydroxyl groups is 1. The molecule has 2 unspecified atom stereocenters. The first-order valence-corrected chi connectivity index (χ1v) is 11.6. The average molecular weight is 439 g/mol. The topological polar surface area (TPSA) is 65.0 Å². The van der Waals surface area contributed by atoms with Crippen molar-refractivity contribution >= 4 is 5.97 Å². The maximum Gasteiger partial charge on any atom is 0.308 e. The lowest BCUT2D eigenvalue weighted by atomic mass is 9.88. The molecule has 172 valence electrons. The van der Waals surface area contributed by atoms with Crippen molar-refractivity contribution in [2.75, 3.05) is 0 Å². The van der Waals surface area contributed by atoms with E-state index in [1.807, 2.05) is 18.2 Å². The lowest BCUT2D eigenvalue weighted by molar-refractivity contribution is -0.160. The Hall–Kier alpha value is -2.53. The van der Waals surface area contributed by atoms with Gasteiger partial charge in [-0.05, 0) is 44.2 Å². The Balaban J connectivity index is 1.65. The molecule has 5 heteroatoms. The number of rotatable bonds is 7. The zero-order valence-electron chi connectivity index (χ0n) is 19.5. The van der Waals surface area contributed by atoms with Crippen molar-refractivity contribution in [1.82, 2.24) is 0 Å². The molecule has 1 saturated heterocycles. The van der Waals surface area contributed by atoms with E-state index in [1.165, 1.54) is 0 Å². The SMILES string of the molecule is CC(C)c1c(OCc2ccccc2)cc2c(c1CCC1CC(O)CC(=O)O1)OC(C)(C)C2. The van der Waals surface area contributed by atoms with Gasteiger partial charge in [-0.15, -0.1) is 0 Å². The minimum atomic E-state index is -0.618. The highest BCUT2D eigenvalue weighted by Gasteiger charge is 2.35. The number of aliphatic hydroxyl groups excluding tert-OH is 1. The highest BCUT2D eigenvalue weighted by Crippen LogP contribution is 2.46. The number of ether oxygens (including phenoxy) is 3. The Morgan fingerprint density at radius 2 is 1.97 bits per heavy atom. The summed E-state index contributed by atoms with van der Waals surface area (Å²) >= 11 is 0. The van der Waals surface area contributed by atoms with E-state index in [0.717, 1.165) is 40.2 Å². The molecule has 0 bridgehead atoms. The molecule has 0 saturated carbocycles. The van der Waals surface area contributed by atoms with Crippen LogP contribution in [-0.4, -0.2) is 28.9 Å². The van der Waals surface area contributed by atoms with Crippen molar-refractivity contribution < 1.29 is 24.1 Å². The average Bonchev–Trinajstić information content (AvgIpc) is 3.03.